The van der Waals surface area contributed by atoms with E-state index in [9.17, 15) is 14.7 Å². The van der Waals surface area contributed by atoms with Gasteiger partial charge in [-0.1, -0.05) is 18.9 Å². The van der Waals surface area contributed by atoms with E-state index in [-0.39, 0.29) is 40.7 Å². The van der Waals surface area contributed by atoms with Gasteiger partial charge in [0.1, 0.15) is 0 Å². The van der Waals surface area contributed by atoms with Gasteiger partial charge in [-0.3, -0.25) is 9.59 Å². The summed E-state index contributed by atoms with van der Waals surface area (Å²) in [5.41, 5.74) is -0.0344. The maximum atomic E-state index is 12.8. The molecular weight excluding hydrogens is 304 g/mol. The molecule has 0 aromatic rings. The Hall–Kier alpha value is -1.16. The summed E-state index contributed by atoms with van der Waals surface area (Å²) in [6.07, 6.45) is 6.39. The van der Waals surface area contributed by atoms with E-state index in [2.05, 4.69) is 6.92 Å². The lowest BCUT2D eigenvalue weighted by atomic mass is 9.45. The largest absolute Gasteiger partial charge is 0.481 e. The minimum atomic E-state index is -0.682. The number of carboxylic acids is 1. The Kier molecular flexibility index (Phi) is 3.21. The number of carbonyl (C=O) groups excluding carboxylic acids is 1. The van der Waals surface area contributed by atoms with E-state index < -0.39 is 11.4 Å². The Morgan fingerprint density at radius 1 is 1.21 bits per heavy atom. The molecule has 0 aromatic carbocycles. The lowest BCUT2D eigenvalue weighted by molar-refractivity contribution is -0.255. The summed E-state index contributed by atoms with van der Waals surface area (Å²) in [5, 5.41) is 9.86. The second kappa shape index (κ2) is 4.72. The molecule has 4 rings (SSSR count). The van der Waals surface area contributed by atoms with Crippen molar-refractivity contribution in [3.63, 3.8) is 0 Å². The van der Waals surface area contributed by atoms with Crippen molar-refractivity contribution in [2.45, 2.75) is 71.5 Å². The number of fused-ring (bicyclic) bond motifs is 5. The number of ketones is 1. The molecule has 0 unspecified atom stereocenters. The highest BCUT2D eigenvalue weighted by molar-refractivity contribution is 5.96. The monoisotopic (exact) mass is 332 g/mol. The number of hydrogen-bond acceptors (Lipinski definition) is 3. The highest BCUT2D eigenvalue weighted by Crippen LogP contribution is 2.64. The van der Waals surface area contributed by atoms with Crippen LogP contribution in [0.15, 0.2) is 11.6 Å². The van der Waals surface area contributed by atoms with Crippen LogP contribution in [0.25, 0.3) is 0 Å². The number of carbonyl (C=O) groups is 2. The van der Waals surface area contributed by atoms with Crippen LogP contribution in [0.2, 0.25) is 0 Å². The molecule has 0 spiro atoms. The summed E-state index contributed by atoms with van der Waals surface area (Å²) < 4.78 is 6.12. The number of aliphatic carboxylic acids is 1. The van der Waals surface area contributed by atoms with Gasteiger partial charge >= 0.3 is 5.97 Å². The average molecular weight is 332 g/mol. The zero-order valence-electron chi connectivity index (χ0n) is 15.1. The summed E-state index contributed by atoms with van der Waals surface area (Å²) in [6.45, 7) is 8.11. The first-order valence-corrected chi connectivity index (χ1v) is 9.28. The van der Waals surface area contributed by atoms with Gasteiger partial charge in [-0.25, -0.2) is 0 Å². The number of ether oxygens (including phenoxy) is 1. The van der Waals surface area contributed by atoms with E-state index in [1.54, 1.807) is 0 Å². The van der Waals surface area contributed by atoms with E-state index in [1.807, 2.05) is 26.8 Å². The predicted octanol–water partition coefficient (Wildman–Crippen LogP) is 3.60. The van der Waals surface area contributed by atoms with E-state index in [0.717, 1.165) is 32.1 Å². The van der Waals surface area contributed by atoms with Crippen LogP contribution in [-0.2, 0) is 14.3 Å². The molecule has 3 aliphatic carbocycles. The first-order valence-electron chi connectivity index (χ1n) is 9.28. The lowest BCUT2D eigenvalue weighted by Gasteiger charge is -2.62. The molecule has 1 aliphatic heterocycles. The fourth-order valence-electron chi connectivity index (χ4n) is 6.53. The second-order valence-corrected chi connectivity index (χ2v) is 9.40. The van der Waals surface area contributed by atoms with Gasteiger partial charge in [-0.15, -0.1) is 0 Å². The standard InChI is InChI=1S/C20H28O4/c1-18(2)15-13(21)10-12-11(16(15)24-18)6-7-14-19(12,3)8-5-9-20(14,4)17(22)23/h10-11,14-16H,5-9H2,1-4H3,(H,22,23)/t11-,14+,15-,16+,19+,20+/m0/s1. The van der Waals surface area contributed by atoms with Crippen LogP contribution in [-0.4, -0.2) is 28.6 Å². The van der Waals surface area contributed by atoms with Gasteiger partial charge in [-0.2, -0.15) is 0 Å². The maximum Gasteiger partial charge on any atom is 0.309 e. The number of hydrogen-bond donors (Lipinski definition) is 1. The molecule has 4 nitrogen and oxygen atoms in total. The van der Waals surface area contributed by atoms with E-state index in [0.29, 0.717) is 0 Å². The van der Waals surface area contributed by atoms with E-state index in [4.69, 9.17) is 4.74 Å². The van der Waals surface area contributed by atoms with Crippen LogP contribution in [0.1, 0.15) is 59.8 Å². The topological polar surface area (TPSA) is 63.6 Å². The molecule has 1 saturated heterocycles. The summed E-state index contributed by atoms with van der Waals surface area (Å²) in [6, 6.07) is 0. The molecule has 1 N–H and O–H groups in total. The Bertz CT molecular complexity index is 648. The molecule has 2 saturated carbocycles. The third-order valence-corrected chi connectivity index (χ3v) is 7.76. The quantitative estimate of drug-likeness (QED) is 0.797. The zero-order valence-corrected chi connectivity index (χ0v) is 15.1. The Balaban J connectivity index is 1.76. The van der Waals surface area contributed by atoms with Crippen molar-refractivity contribution in [1.82, 2.24) is 0 Å². The molecule has 24 heavy (non-hydrogen) atoms. The number of allylic oxidation sites excluding steroid dienone is 1. The van der Waals surface area contributed by atoms with Crippen LogP contribution >= 0.6 is 0 Å². The molecule has 132 valence electrons. The molecule has 0 bridgehead atoms. The molecule has 0 radical (unpaired) electrons. The van der Waals surface area contributed by atoms with Crippen molar-refractivity contribution in [3.8, 4) is 0 Å². The third-order valence-electron chi connectivity index (χ3n) is 7.76. The van der Waals surface area contributed by atoms with Gasteiger partial charge in [-0.05, 0) is 63.9 Å². The lowest BCUT2D eigenvalue weighted by Crippen LogP contribution is -2.66. The minimum absolute atomic E-state index is 0.00304. The van der Waals surface area contributed by atoms with Crippen molar-refractivity contribution in [2.24, 2.45) is 28.6 Å². The van der Waals surface area contributed by atoms with Crippen LogP contribution < -0.4 is 0 Å². The summed E-state index contributed by atoms with van der Waals surface area (Å²) >= 11 is 0. The van der Waals surface area contributed by atoms with Crippen molar-refractivity contribution < 1.29 is 19.4 Å². The molecule has 4 heteroatoms. The SMILES string of the molecule is CC1(C)O[C@@H]2[C@H]3CC[C@H]4[C@](C)(C(=O)O)CCC[C@]4(C)C3=CC(=O)[C@@H]21. The fourth-order valence-corrected chi connectivity index (χ4v) is 6.53. The number of carboxylic acid groups (broad SMARTS) is 1. The van der Waals surface area contributed by atoms with Crippen molar-refractivity contribution in [3.05, 3.63) is 11.6 Å². The van der Waals surface area contributed by atoms with Gasteiger partial charge in [0.05, 0.1) is 23.0 Å². The van der Waals surface area contributed by atoms with Gasteiger partial charge in [0.25, 0.3) is 0 Å². The maximum absolute atomic E-state index is 12.8. The third kappa shape index (κ3) is 1.84. The molecule has 0 amide bonds. The van der Waals surface area contributed by atoms with Gasteiger partial charge < -0.3 is 9.84 Å². The highest BCUT2D eigenvalue weighted by Gasteiger charge is 2.64. The molecule has 1 heterocycles. The predicted molar refractivity (Wildman–Crippen MR) is 89.4 cm³/mol. The van der Waals surface area contributed by atoms with Crippen molar-refractivity contribution >= 4 is 11.8 Å². The van der Waals surface area contributed by atoms with Crippen molar-refractivity contribution in [2.75, 3.05) is 0 Å². The van der Waals surface area contributed by atoms with Crippen LogP contribution in [0.4, 0.5) is 0 Å². The van der Waals surface area contributed by atoms with Crippen LogP contribution in [0.3, 0.4) is 0 Å². The van der Waals surface area contributed by atoms with Gasteiger partial charge in [0, 0.05) is 5.92 Å². The molecule has 6 atom stereocenters. The van der Waals surface area contributed by atoms with Gasteiger partial charge in [0.2, 0.25) is 0 Å². The molecule has 0 aromatic heterocycles. The molecule has 4 aliphatic rings. The second-order valence-electron chi connectivity index (χ2n) is 9.40. The minimum Gasteiger partial charge on any atom is -0.481 e. The number of rotatable bonds is 1. The average Bonchev–Trinajstić information content (AvgIpc) is 2.46. The van der Waals surface area contributed by atoms with Gasteiger partial charge in [0.15, 0.2) is 5.78 Å². The smallest absolute Gasteiger partial charge is 0.309 e. The Morgan fingerprint density at radius 3 is 2.54 bits per heavy atom. The van der Waals surface area contributed by atoms with Crippen LogP contribution in [0.5, 0.6) is 0 Å². The van der Waals surface area contributed by atoms with E-state index >= 15 is 0 Å². The fraction of sp³-hybridized carbons (Fsp3) is 0.800. The summed E-state index contributed by atoms with van der Waals surface area (Å²) in [5.74, 6) is -0.124. The molecular formula is C20H28O4. The summed E-state index contributed by atoms with van der Waals surface area (Å²) in [7, 11) is 0. The normalized spacial score (nSPS) is 49.2. The zero-order chi connectivity index (χ0) is 17.5. The Morgan fingerprint density at radius 2 is 1.92 bits per heavy atom. The highest BCUT2D eigenvalue weighted by atomic mass is 16.5. The van der Waals surface area contributed by atoms with E-state index in [1.165, 1.54) is 5.57 Å². The Labute approximate surface area is 143 Å². The first kappa shape index (κ1) is 16.3. The summed E-state index contributed by atoms with van der Waals surface area (Å²) in [4.78, 5) is 24.8. The van der Waals surface area contributed by atoms with Crippen molar-refractivity contribution in [1.29, 1.82) is 0 Å². The van der Waals surface area contributed by atoms with Crippen LogP contribution in [0, 0.1) is 28.6 Å². The molecule has 3 fully saturated rings. The first-order chi connectivity index (χ1) is 11.1.